The van der Waals surface area contributed by atoms with E-state index >= 15 is 0 Å². The van der Waals surface area contributed by atoms with E-state index in [2.05, 4.69) is 11.4 Å². The van der Waals surface area contributed by atoms with Crippen LogP contribution in [0, 0.1) is 6.92 Å². The van der Waals surface area contributed by atoms with Gasteiger partial charge < -0.3 is 19.3 Å². The van der Waals surface area contributed by atoms with Crippen molar-refractivity contribution in [1.82, 2.24) is 9.80 Å². The fourth-order valence-electron chi connectivity index (χ4n) is 4.33. The van der Waals surface area contributed by atoms with Gasteiger partial charge in [-0.3, -0.25) is 9.59 Å². The maximum absolute atomic E-state index is 13.6. The monoisotopic (exact) mass is 492 g/mol. The lowest BCUT2D eigenvalue weighted by molar-refractivity contribution is -0.136. The van der Waals surface area contributed by atoms with Gasteiger partial charge in [-0.05, 0) is 68.5 Å². The number of methoxy groups -OCH3 is 1. The number of ether oxygens (including phenoxy) is 2. The zero-order chi connectivity index (χ0) is 24.9. The summed E-state index contributed by atoms with van der Waals surface area (Å²) in [7, 11) is 1.62. The summed E-state index contributed by atoms with van der Waals surface area (Å²) in [6.07, 6.45) is 0.808. The highest BCUT2D eigenvalue weighted by atomic mass is 32.1. The van der Waals surface area contributed by atoms with Crippen LogP contribution in [0.4, 0.5) is 0 Å². The highest BCUT2D eigenvalue weighted by Gasteiger charge is 2.34. The van der Waals surface area contributed by atoms with Crippen molar-refractivity contribution in [2.24, 2.45) is 0 Å². The molecule has 0 unspecified atom stereocenters. The largest absolute Gasteiger partial charge is 0.497 e. The molecular weight excluding hydrogens is 460 g/mol. The first-order valence-corrected chi connectivity index (χ1v) is 12.8. The molecule has 3 aromatic rings. The molecule has 0 saturated heterocycles. The van der Waals surface area contributed by atoms with Gasteiger partial charge in [0.1, 0.15) is 24.7 Å². The molecule has 0 saturated carbocycles. The summed E-state index contributed by atoms with van der Waals surface area (Å²) in [4.78, 5) is 31.7. The van der Waals surface area contributed by atoms with Gasteiger partial charge in [0.15, 0.2) is 0 Å². The van der Waals surface area contributed by atoms with Crippen molar-refractivity contribution in [3.8, 4) is 11.5 Å². The molecule has 7 heteroatoms. The Morgan fingerprint density at radius 2 is 1.86 bits per heavy atom. The van der Waals surface area contributed by atoms with E-state index in [1.165, 1.54) is 4.88 Å². The molecule has 1 atom stereocenters. The molecule has 184 valence electrons. The molecule has 1 aliphatic rings. The lowest BCUT2D eigenvalue weighted by atomic mass is 10.00. The second kappa shape index (κ2) is 11.0. The molecule has 1 aliphatic heterocycles. The van der Waals surface area contributed by atoms with Crippen molar-refractivity contribution >= 4 is 23.2 Å². The predicted molar refractivity (Wildman–Crippen MR) is 138 cm³/mol. The molecular formula is C28H32N2O4S. The predicted octanol–water partition coefficient (Wildman–Crippen LogP) is 5.12. The summed E-state index contributed by atoms with van der Waals surface area (Å²) in [5, 5.41) is 2.07. The number of nitrogens with zero attached hydrogens (tertiary/aromatic N) is 2. The second-order valence-electron chi connectivity index (χ2n) is 9.03. The van der Waals surface area contributed by atoms with E-state index in [1.807, 2.05) is 74.2 Å². The lowest BCUT2D eigenvalue weighted by Crippen LogP contribution is -2.49. The number of thiophene rings is 1. The van der Waals surface area contributed by atoms with E-state index in [0.29, 0.717) is 24.5 Å². The first-order valence-electron chi connectivity index (χ1n) is 11.9. The second-order valence-corrected chi connectivity index (χ2v) is 10.0. The van der Waals surface area contributed by atoms with Crippen LogP contribution < -0.4 is 9.47 Å². The molecule has 4 rings (SSSR count). The number of hydrogen-bond acceptors (Lipinski definition) is 5. The minimum Gasteiger partial charge on any atom is -0.497 e. The van der Waals surface area contributed by atoms with Gasteiger partial charge in [0.25, 0.3) is 5.91 Å². The Kier molecular flexibility index (Phi) is 7.76. The molecule has 0 aliphatic carbocycles. The van der Waals surface area contributed by atoms with E-state index in [4.69, 9.17) is 9.47 Å². The van der Waals surface area contributed by atoms with Gasteiger partial charge in [-0.25, -0.2) is 0 Å². The fourth-order valence-corrected chi connectivity index (χ4v) is 5.26. The zero-order valence-corrected chi connectivity index (χ0v) is 21.5. The summed E-state index contributed by atoms with van der Waals surface area (Å²) in [5.41, 5.74) is 2.81. The Balaban J connectivity index is 1.52. The third-order valence-corrected chi connectivity index (χ3v) is 7.35. The molecule has 0 fully saturated rings. The van der Waals surface area contributed by atoms with Gasteiger partial charge in [-0.15, -0.1) is 11.3 Å². The van der Waals surface area contributed by atoms with Crippen molar-refractivity contribution in [3.63, 3.8) is 0 Å². The molecule has 0 radical (unpaired) electrons. The zero-order valence-electron chi connectivity index (χ0n) is 20.7. The maximum atomic E-state index is 13.6. The molecule has 2 heterocycles. The Labute approximate surface area is 211 Å². The normalized spacial score (nSPS) is 15.0. The van der Waals surface area contributed by atoms with Crippen LogP contribution in [-0.2, 0) is 11.2 Å². The number of benzene rings is 2. The number of carbonyl (C=O) groups is 2. The highest BCUT2D eigenvalue weighted by molar-refractivity contribution is 7.10. The van der Waals surface area contributed by atoms with Crippen molar-refractivity contribution in [2.75, 3.05) is 26.8 Å². The standard InChI is InChI=1S/C28H32N2O4S/c1-19(2)30(28(32)21-10-8-20(3)9-11-21)17-27(31)29-14-12-26-24(13-15-35-26)25(29)18-34-23-7-5-6-22(16-23)33-4/h5-11,13,15-16,19,25H,12,14,17-18H2,1-4H3/t25-/m0/s1. The Hall–Kier alpha value is -3.32. The Morgan fingerprint density at radius 3 is 2.57 bits per heavy atom. The Morgan fingerprint density at radius 1 is 1.11 bits per heavy atom. The van der Waals surface area contributed by atoms with Crippen molar-refractivity contribution in [1.29, 1.82) is 0 Å². The lowest BCUT2D eigenvalue weighted by Gasteiger charge is -2.37. The van der Waals surface area contributed by atoms with E-state index in [0.717, 1.165) is 23.3 Å². The minimum atomic E-state index is -0.216. The SMILES string of the molecule is COc1cccc(OC[C@H]2c3ccsc3CCN2C(=O)CN(C(=O)c2ccc(C)cc2)C(C)C)c1. The molecule has 0 N–H and O–H groups in total. The van der Waals surface area contributed by atoms with Gasteiger partial charge in [-0.1, -0.05) is 23.8 Å². The average molecular weight is 493 g/mol. The molecule has 0 bridgehead atoms. The summed E-state index contributed by atoms with van der Waals surface area (Å²) in [6, 6.07) is 16.7. The van der Waals surface area contributed by atoms with Crippen molar-refractivity contribution < 1.29 is 19.1 Å². The number of carbonyl (C=O) groups excluding carboxylic acids is 2. The quantitative estimate of drug-likeness (QED) is 0.438. The van der Waals surface area contributed by atoms with Crippen LogP contribution in [0.2, 0.25) is 0 Å². The Bertz CT molecular complexity index is 1170. The van der Waals surface area contributed by atoms with Crippen LogP contribution >= 0.6 is 11.3 Å². The molecule has 35 heavy (non-hydrogen) atoms. The topological polar surface area (TPSA) is 59.1 Å². The number of hydrogen-bond donors (Lipinski definition) is 0. The van der Waals surface area contributed by atoms with E-state index < -0.39 is 0 Å². The molecule has 6 nitrogen and oxygen atoms in total. The molecule has 1 aromatic heterocycles. The molecule has 2 aromatic carbocycles. The number of aryl methyl sites for hydroxylation is 1. The van der Waals surface area contributed by atoms with Gasteiger partial charge in [-0.2, -0.15) is 0 Å². The van der Waals surface area contributed by atoms with Gasteiger partial charge in [0.05, 0.1) is 13.2 Å². The third kappa shape index (κ3) is 5.68. The van der Waals surface area contributed by atoms with Crippen LogP contribution in [0.25, 0.3) is 0 Å². The van der Waals surface area contributed by atoms with Crippen LogP contribution in [-0.4, -0.2) is 54.5 Å². The van der Waals surface area contributed by atoms with Crippen LogP contribution in [0.1, 0.15) is 46.3 Å². The van der Waals surface area contributed by atoms with Gasteiger partial charge >= 0.3 is 0 Å². The van der Waals surface area contributed by atoms with Crippen LogP contribution in [0.15, 0.2) is 60.0 Å². The molecule has 2 amide bonds. The van der Waals surface area contributed by atoms with E-state index in [9.17, 15) is 9.59 Å². The number of fused-ring (bicyclic) bond motifs is 1. The average Bonchev–Trinajstić information content (AvgIpc) is 3.35. The van der Waals surface area contributed by atoms with Crippen LogP contribution in [0.5, 0.6) is 11.5 Å². The molecule has 0 spiro atoms. The minimum absolute atomic E-state index is 0.0273. The summed E-state index contributed by atoms with van der Waals surface area (Å²) in [6.45, 7) is 6.82. The van der Waals surface area contributed by atoms with Gasteiger partial charge in [0, 0.05) is 29.1 Å². The van der Waals surface area contributed by atoms with Crippen molar-refractivity contribution in [3.05, 3.63) is 81.5 Å². The number of rotatable bonds is 8. The summed E-state index contributed by atoms with van der Waals surface area (Å²) >= 11 is 1.71. The third-order valence-electron chi connectivity index (χ3n) is 6.35. The van der Waals surface area contributed by atoms with E-state index in [1.54, 1.807) is 23.3 Å². The smallest absolute Gasteiger partial charge is 0.254 e. The summed E-state index contributed by atoms with van der Waals surface area (Å²) < 4.78 is 11.4. The van der Waals surface area contributed by atoms with Crippen LogP contribution in [0.3, 0.4) is 0 Å². The first-order chi connectivity index (χ1) is 16.9. The number of amides is 2. The van der Waals surface area contributed by atoms with Crippen molar-refractivity contribution in [2.45, 2.75) is 39.3 Å². The van der Waals surface area contributed by atoms with E-state index in [-0.39, 0.29) is 30.4 Å². The summed E-state index contributed by atoms with van der Waals surface area (Å²) in [5.74, 6) is 1.20. The first kappa shape index (κ1) is 24.8. The highest BCUT2D eigenvalue weighted by Crippen LogP contribution is 2.34. The maximum Gasteiger partial charge on any atom is 0.254 e. The fraction of sp³-hybridized carbons (Fsp3) is 0.357. The van der Waals surface area contributed by atoms with Gasteiger partial charge in [0.2, 0.25) is 5.91 Å².